The van der Waals surface area contributed by atoms with Crippen LogP contribution < -0.4 is 4.72 Å². The number of rotatable bonds is 1. The van der Waals surface area contributed by atoms with Gasteiger partial charge in [-0.15, -0.1) is 0 Å². The van der Waals surface area contributed by atoms with Gasteiger partial charge in [-0.05, 0) is 65.8 Å². The number of ether oxygens (including phenoxy) is 2. The maximum Gasteiger partial charge on any atom is 0.338 e. The van der Waals surface area contributed by atoms with Crippen LogP contribution in [0.2, 0.25) is 0 Å². The lowest BCUT2D eigenvalue weighted by Crippen LogP contribution is -2.19. The van der Waals surface area contributed by atoms with Gasteiger partial charge in [0.05, 0.1) is 11.3 Å². The van der Waals surface area contributed by atoms with Crippen molar-refractivity contribution in [1.82, 2.24) is 0 Å². The number of nitrogens with one attached hydrogen (secondary N) is 1. The number of benzene rings is 3. The molecule has 1 saturated heterocycles. The molecule has 2 N–H and O–H groups in total. The monoisotopic (exact) mass is 519 g/mol. The molecular formula is C25H20F3NO6S. The summed E-state index contributed by atoms with van der Waals surface area (Å²) in [6.07, 6.45) is 0.960. The van der Waals surface area contributed by atoms with Gasteiger partial charge >= 0.3 is 5.97 Å². The molecule has 2 aliphatic rings. The number of cyclic esters (lactones) is 1. The summed E-state index contributed by atoms with van der Waals surface area (Å²) in [5.41, 5.74) is -0.700. The summed E-state index contributed by atoms with van der Waals surface area (Å²) in [6.45, 7) is 0.371. The van der Waals surface area contributed by atoms with Crippen LogP contribution in [0.5, 0.6) is 5.75 Å². The van der Waals surface area contributed by atoms with Crippen LogP contribution in [0, 0.1) is 17.5 Å². The molecule has 0 aliphatic carbocycles. The SMILES string of the molecule is O=C1OCc2ccc(F)cc2-c2cc(c(F)cc2F)NS(=O)(=O)c2cc1cc(C1CCOCC1)c2O. The smallest absolute Gasteiger partial charge is 0.338 e. The Kier molecular flexibility index (Phi) is 6.13. The summed E-state index contributed by atoms with van der Waals surface area (Å²) in [5.74, 6) is -4.82. The quantitative estimate of drug-likeness (QED) is 0.446. The van der Waals surface area contributed by atoms with Crippen LogP contribution in [-0.4, -0.2) is 32.7 Å². The normalized spacial score (nSPS) is 17.6. The predicted molar refractivity (Wildman–Crippen MR) is 123 cm³/mol. The molecule has 0 unspecified atom stereocenters. The highest BCUT2D eigenvalue weighted by molar-refractivity contribution is 7.92. The highest BCUT2D eigenvalue weighted by Crippen LogP contribution is 2.40. The second-order valence-corrected chi connectivity index (χ2v) is 10.2. The first-order valence-corrected chi connectivity index (χ1v) is 12.5. The van der Waals surface area contributed by atoms with Crippen molar-refractivity contribution in [1.29, 1.82) is 0 Å². The molecule has 0 saturated carbocycles. The Morgan fingerprint density at radius 1 is 0.944 bits per heavy atom. The number of anilines is 1. The zero-order valence-electron chi connectivity index (χ0n) is 18.7. The summed E-state index contributed by atoms with van der Waals surface area (Å²) in [7, 11) is -4.67. The number of aromatic hydroxyl groups is 1. The van der Waals surface area contributed by atoms with Crippen molar-refractivity contribution in [2.24, 2.45) is 0 Å². The van der Waals surface area contributed by atoms with Gasteiger partial charge in [-0.25, -0.2) is 26.4 Å². The number of halogens is 3. The van der Waals surface area contributed by atoms with Gasteiger partial charge in [0.25, 0.3) is 10.0 Å². The van der Waals surface area contributed by atoms with Crippen molar-refractivity contribution < 1.29 is 41.0 Å². The first kappa shape index (κ1) is 24.1. The van der Waals surface area contributed by atoms with Crippen LogP contribution in [0.25, 0.3) is 11.1 Å². The number of carbonyl (C=O) groups is 1. The van der Waals surface area contributed by atoms with Crippen molar-refractivity contribution in [2.45, 2.75) is 30.3 Å². The van der Waals surface area contributed by atoms with E-state index in [4.69, 9.17) is 9.47 Å². The van der Waals surface area contributed by atoms with Crippen LogP contribution in [0.3, 0.4) is 0 Å². The maximum atomic E-state index is 14.8. The van der Waals surface area contributed by atoms with Gasteiger partial charge in [-0.3, -0.25) is 4.72 Å². The number of fused-ring (bicyclic) bond motifs is 6. The Labute approximate surface area is 204 Å². The van der Waals surface area contributed by atoms with E-state index in [0.717, 1.165) is 24.3 Å². The highest BCUT2D eigenvalue weighted by atomic mass is 32.2. The number of carbonyl (C=O) groups excluding carboxylic acids is 1. The van der Waals surface area contributed by atoms with Gasteiger partial charge in [0.15, 0.2) is 0 Å². The number of hydrogen-bond donors (Lipinski definition) is 2. The molecular weight excluding hydrogens is 499 g/mol. The molecule has 36 heavy (non-hydrogen) atoms. The topological polar surface area (TPSA) is 102 Å². The van der Waals surface area contributed by atoms with Gasteiger partial charge in [-0.2, -0.15) is 0 Å². The first-order valence-electron chi connectivity index (χ1n) is 11.1. The molecule has 0 aromatic heterocycles. The van der Waals surface area contributed by atoms with Gasteiger partial charge in [0, 0.05) is 24.8 Å². The van der Waals surface area contributed by atoms with E-state index in [2.05, 4.69) is 0 Å². The highest BCUT2D eigenvalue weighted by Gasteiger charge is 2.30. The molecule has 11 heteroatoms. The molecule has 3 aromatic rings. The summed E-state index contributed by atoms with van der Waals surface area (Å²) in [5, 5.41) is 10.9. The minimum atomic E-state index is -4.67. The lowest BCUT2D eigenvalue weighted by atomic mass is 9.90. The van der Waals surface area contributed by atoms with Crippen LogP contribution in [-0.2, 0) is 26.1 Å². The van der Waals surface area contributed by atoms with E-state index in [1.54, 1.807) is 0 Å². The third-order valence-corrected chi connectivity index (χ3v) is 7.69. The number of esters is 1. The average molecular weight is 519 g/mol. The molecule has 0 radical (unpaired) electrons. The molecule has 4 bridgehead atoms. The van der Waals surface area contributed by atoms with E-state index >= 15 is 0 Å². The minimum Gasteiger partial charge on any atom is -0.506 e. The van der Waals surface area contributed by atoms with Gasteiger partial charge in [0.2, 0.25) is 0 Å². The second-order valence-electron chi connectivity index (χ2n) is 8.59. The third-order valence-electron chi connectivity index (χ3n) is 6.31. The Bertz CT molecular complexity index is 1490. The second kappa shape index (κ2) is 9.14. The van der Waals surface area contributed by atoms with Crippen LogP contribution in [0.4, 0.5) is 18.9 Å². The van der Waals surface area contributed by atoms with E-state index in [9.17, 15) is 31.5 Å². The number of sulfonamides is 1. The number of phenols is 1. The van der Waals surface area contributed by atoms with Gasteiger partial charge < -0.3 is 14.6 Å². The zero-order chi connectivity index (χ0) is 25.6. The fraction of sp³-hybridized carbons (Fsp3) is 0.240. The third kappa shape index (κ3) is 4.40. The fourth-order valence-corrected chi connectivity index (χ4v) is 5.67. The molecule has 0 atom stereocenters. The van der Waals surface area contributed by atoms with Crippen LogP contribution in [0.15, 0.2) is 47.4 Å². The van der Waals surface area contributed by atoms with E-state index < -0.39 is 56.4 Å². The van der Waals surface area contributed by atoms with Gasteiger partial charge in [0.1, 0.15) is 34.7 Å². The van der Waals surface area contributed by atoms with E-state index in [0.29, 0.717) is 32.1 Å². The Morgan fingerprint density at radius 2 is 1.69 bits per heavy atom. The summed E-state index contributed by atoms with van der Waals surface area (Å²) in [4.78, 5) is 12.3. The Hall–Kier alpha value is -3.57. The Morgan fingerprint density at radius 3 is 2.44 bits per heavy atom. The van der Waals surface area contributed by atoms with Crippen molar-refractivity contribution in [3.63, 3.8) is 0 Å². The molecule has 5 rings (SSSR count). The van der Waals surface area contributed by atoms with Crippen LogP contribution in [0.1, 0.15) is 40.2 Å². The molecule has 7 nitrogen and oxygen atoms in total. The number of hydrogen-bond acceptors (Lipinski definition) is 6. The van der Waals surface area contributed by atoms with Crippen molar-refractivity contribution in [2.75, 3.05) is 17.9 Å². The zero-order valence-corrected chi connectivity index (χ0v) is 19.5. The maximum absolute atomic E-state index is 14.8. The summed E-state index contributed by atoms with van der Waals surface area (Å²) >= 11 is 0. The largest absolute Gasteiger partial charge is 0.506 e. The van der Waals surface area contributed by atoms with E-state index in [-0.39, 0.29) is 33.7 Å². The van der Waals surface area contributed by atoms with Crippen molar-refractivity contribution >= 4 is 21.7 Å². The van der Waals surface area contributed by atoms with Gasteiger partial charge in [-0.1, -0.05) is 6.07 Å². The summed E-state index contributed by atoms with van der Waals surface area (Å²) in [6, 6.07) is 7.02. The lowest BCUT2D eigenvalue weighted by molar-refractivity contribution is 0.0472. The van der Waals surface area contributed by atoms with Crippen molar-refractivity contribution in [3.8, 4) is 16.9 Å². The molecule has 2 heterocycles. The Balaban J connectivity index is 1.74. The van der Waals surface area contributed by atoms with Crippen LogP contribution >= 0.6 is 0 Å². The van der Waals surface area contributed by atoms with E-state index in [1.807, 2.05) is 4.72 Å². The molecule has 1 fully saturated rings. The number of phenolic OH excluding ortho intramolecular Hbond substituents is 1. The molecule has 2 aliphatic heterocycles. The summed E-state index contributed by atoms with van der Waals surface area (Å²) < 4.78 is 82.8. The van der Waals surface area contributed by atoms with Crippen molar-refractivity contribution in [3.05, 3.63) is 76.6 Å². The average Bonchev–Trinajstić information content (AvgIpc) is 2.85. The standard InChI is InChI=1S/C25H20F3NO6S/c26-16-2-1-14-12-35-25(31)15-7-18(13-3-5-34-6-4-13)24(30)23(8-15)36(32,33)29-22-10-19(17(14)9-16)20(27)11-21(22)28/h1-2,7-11,13,29-30H,3-6,12H2. The molecule has 3 aromatic carbocycles. The van der Waals surface area contributed by atoms with E-state index in [1.165, 1.54) is 12.1 Å². The lowest BCUT2D eigenvalue weighted by Gasteiger charge is -2.24. The fourth-order valence-electron chi connectivity index (χ4n) is 4.46. The molecule has 188 valence electrons. The molecule has 0 spiro atoms. The minimum absolute atomic E-state index is 0.0440. The predicted octanol–water partition coefficient (Wildman–Crippen LogP) is 4.84. The molecule has 0 amide bonds. The first-order chi connectivity index (χ1) is 17.1.